The molecular formula is C14H14F4O4. The molecule has 0 saturated heterocycles. The zero-order valence-electron chi connectivity index (χ0n) is 11.8. The molecule has 22 heavy (non-hydrogen) atoms. The minimum atomic E-state index is -4.90. The number of alkyl halides is 3. The Labute approximate surface area is 123 Å². The zero-order valence-corrected chi connectivity index (χ0v) is 11.8. The summed E-state index contributed by atoms with van der Waals surface area (Å²) in [6, 6.07) is 3.19. The van der Waals surface area contributed by atoms with Crippen molar-refractivity contribution in [2.24, 2.45) is 0 Å². The van der Waals surface area contributed by atoms with Crippen molar-refractivity contribution in [3.63, 3.8) is 0 Å². The molecular weight excluding hydrogens is 308 g/mol. The van der Waals surface area contributed by atoms with Crippen LogP contribution in [-0.2, 0) is 14.9 Å². The number of hydrogen-bond donors (Lipinski definition) is 1. The van der Waals surface area contributed by atoms with E-state index < -0.39 is 41.8 Å². The molecule has 0 unspecified atom stereocenters. The average Bonchev–Trinajstić information content (AvgIpc) is 2.41. The molecule has 1 saturated carbocycles. The number of hydrogen-bond acceptors (Lipinski definition) is 4. The fraction of sp³-hybridized carbons (Fsp3) is 0.500. The van der Waals surface area contributed by atoms with E-state index in [0.717, 1.165) is 19.2 Å². The van der Waals surface area contributed by atoms with Gasteiger partial charge in [0, 0.05) is 18.4 Å². The summed E-state index contributed by atoms with van der Waals surface area (Å²) < 4.78 is 61.6. The van der Waals surface area contributed by atoms with Crippen LogP contribution in [0.5, 0.6) is 5.75 Å². The van der Waals surface area contributed by atoms with Crippen molar-refractivity contribution in [3.05, 3.63) is 29.6 Å². The smallest absolute Gasteiger partial charge is 0.417 e. The molecule has 1 N–H and O–H groups in total. The molecule has 4 nitrogen and oxygen atoms in total. The van der Waals surface area contributed by atoms with E-state index >= 15 is 0 Å². The quantitative estimate of drug-likeness (QED) is 0.685. The molecule has 0 amide bonds. The van der Waals surface area contributed by atoms with Crippen molar-refractivity contribution in [3.8, 4) is 5.75 Å². The monoisotopic (exact) mass is 322 g/mol. The standard InChI is InChI=1S/C14H14F4O4/c1-21-10-4-3-8(15)5-9(10)12(11(19)22-2)6-13(20,7-12)14(16,17)18/h3-5,20H,6-7H2,1-2H3. The number of carbonyl (C=O) groups excluding carboxylic acids is 1. The Balaban J connectivity index is 2.52. The van der Waals surface area contributed by atoms with Gasteiger partial charge in [0.1, 0.15) is 17.0 Å². The first-order valence-corrected chi connectivity index (χ1v) is 6.31. The van der Waals surface area contributed by atoms with Gasteiger partial charge in [-0.25, -0.2) is 4.39 Å². The predicted molar refractivity (Wildman–Crippen MR) is 66.9 cm³/mol. The van der Waals surface area contributed by atoms with Crippen molar-refractivity contribution in [1.29, 1.82) is 0 Å². The van der Waals surface area contributed by atoms with E-state index in [1.807, 2.05) is 0 Å². The molecule has 1 aromatic carbocycles. The highest BCUT2D eigenvalue weighted by Crippen LogP contribution is 2.58. The van der Waals surface area contributed by atoms with Gasteiger partial charge in [-0.05, 0) is 18.2 Å². The summed E-state index contributed by atoms with van der Waals surface area (Å²) in [6.45, 7) is 0. The third-order valence-electron chi connectivity index (χ3n) is 3.97. The highest BCUT2D eigenvalue weighted by atomic mass is 19.4. The molecule has 122 valence electrons. The minimum Gasteiger partial charge on any atom is -0.496 e. The fourth-order valence-corrected chi connectivity index (χ4v) is 2.84. The van der Waals surface area contributed by atoms with Gasteiger partial charge in [0.25, 0.3) is 0 Å². The van der Waals surface area contributed by atoms with Crippen molar-refractivity contribution in [2.75, 3.05) is 14.2 Å². The fourth-order valence-electron chi connectivity index (χ4n) is 2.84. The summed E-state index contributed by atoms with van der Waals surface area (Å²) in [5.41, 5.74) is -4.89. The van der Waals surface area contributed by atoms with Gasteiger partial charge in [-0.15, -0.1) is 0 Å². The summed E-state index contributed by atoms with van der Waals surface area (Å²) in [7, 11) is 2.26. The number of halogens is 4. The van der Waals surface area contributed by atoms with Crippen LogP contribution in [0.25, 0.3) is 0 Å². The van der Waals surface area contributed by atoms with Gasteiger partial charge in [-0.1, -0.05) is 0 Å². The molecule has 1 aliphatic carbocycles. The summed E-state index contributed by atoms with van der Waals surface area (Å²) in [6.07, 6.45) is -6.79. The van der Waals surface area contributed by atoms with Crippen LogP contribution in [0.4, 0.5) is 17.6 Å². The van der Waals surface area contributed by atoms with E-state index in [-0.39, 0.29) is 11.3 Å². The molecule has 1 aromatic rings. The van der Waals surface area contributed by atoms with E-state index in [1.54, 1.807) is 0 Å². The number of ether oxygens (including phenoxy) is 2. The molecule has 2 rings (SSSR count). The number of aliphatic hydroxyl groups is 1. The minimum absolute atomic E-state index is 0.0519. The number of methoxy groups -OCH3 is 2. The summed E-state index contributed by atoms with van der Waals surface area (Å²) in [4.78, 5) is 12.0. The number of benzene rings is 1. The Hall–Kier alpha value is -1.83. The van der Waals surface area contributed by atoms with Crippen LogP contribution in [0.3, 0.4) is 0 Å². The van der Waals surface area contributed by atoms with Crippen LogP contribution in [-0.4, -0.2) is 37.1 Å². The normalized spacial score (nSPS) is 28.0. The summed E-state index contributed by atoms with van der Waals surface area (Å²) in [5.74, 6) is -1.66. The Morgan fingerprint density at radius 2 is 1.86 bits per heavy atom. The topological polar surface area (TPSA) is 55.8 Å². The first-order chi connectivity index (χ1) is 10.1. The largest absolute Gasteiger partial charge is 0.496 e. The highest BCUT2D eigenvalue weighted by molar-refractivity contribution is 5.86. The van der Waals surface area contributed by atoms with Crippen molar-refractivity contribution < 1.29 is 36.9 Å². The SMILES string of the molecule is COC(=O)C1(c2cc(F)ccc2OC)CC(O)(C(F)(F)F)C1. The van der Waals surface area contributed by atoms with Crippen LogP contribution in [0.1, 0.15) is 18.4 Å². The van der Waals surface area contributed by atoms with Gasteiger partial charge >= 0.3 is 12.1 Å². The molecule has 8 heteroatoms. The van der Waals surface area contributed by atoms with Gasteiger partial charge in [0.15, 0.2) is 5.60 Å². The maximum Gasteiger partial charge on any atom is 0.417 e. The maximum absolute atomic E-state index is 13.5. The van der Waals surface area contributed by atoms with Crippen molar-refractivity contribution >= 4 is 5.97 Å². The van der Waals surface area contributed by atoms with E-state index in [2.05, 4.69) is 4.74 Å². The lowest BCUT2D eigenvalue weighted by Crippen LogP contribution is -2.65. The van der Waals surface area contributed by atoms with Crippen molar-refractivity contribution in [2.45, 2.75) is 30.0 Å². The second-order valence-electron chi connectivity index (χ2n) is 5.30. The summed E-state index contributed by atoms with van der Waals surface area (Å²) in [5, 5.41) is 9.65. The average molecular weight is 322 g/mol. The third kappa shape index (κ3) is 2.31. The van der Waals surface area contributed by atoms with Crippen LogP contribution >= 0.6 is 0 Å². The molecule has 1 aliphatic rings. The number of rotatable bonds is 3. The van der Waals surface area contributed by atoms with Crippen LogP contribution in [0.15, 0.2) is 18.2 Å². The molecule has 0 radical (unpaired) electrons. The summed E-state index contributed by atoms with van der Waals surface area (Å²) >= 11 is 0. The lowest BCUT2D eigenvalue weighted by atomic mass is 9.55. The molecule has 0 aromatic heterocycles. The Morgan fingerprint density at radius 3 is 2.32 bits per heavy atom. The lowest BCUT2D eigenvalue weighted by Gasteiger charge is -2.51. The van der Waals surface area contributed by atoms with Gasteiger partial charge in [-0.2, -0.15) is 13.2 Å². The van der Waals surface area contributed by atoms with Gasteiger partial charge in [0.05, 0.1) is 14.2 Å². The maximum atomic E-state index is 13.5. The molecule has 0 aliphatic heterocycles. The molecule has 0 bridgehead atoms. The molecule has 1 fully saturated rings. The van der Waals surface area contributed by atoms with Crippen LogP contribution in [0, 0.1) is 5.82 Å². The van der Waals surface area contributed by atoms with Crippen molar-refractivity contribution in [1.82, 2.24) is 0 Å². The Bertz CT molecular complexity index is 591. The Kier molecular flexibility index (Phi) is 3.85. The molecule has 0 heterocycles. The Morgan fingerprint density at radius 1 is 1.27 bits per heavy atom. The lowest BCUT2D eigenvalue weighted by molar-refractivity contribution is -0.303. The zero-order chi connectivity index (χ0) is 16.8. The van der Waals surface area contributed by atoms with Gasteiger partial charge in [-0.3, -0.25) is 4.79 Å². The van der Waals surface area contributed by atoms with E-state index in [1.165, 1.54) is 13.2 Å². The first-order valence-electron chi connectivity index (χ1n) is 6.31. The highest BCUT2D eigenvalue weighted by Gasteiger charge is 2.71. The van der Waals surface area contributed by atoms with Gasteiger partial charge < -0.3 is 14.6 Å². The molecule has 0 spiro atoms. The number of carbonyl (C=O) groups is 1. The van der Waals surface area contributed by atoms with Crippen LogP contribution < -0.4 is 4.74 Å². The van der Waals surface area contributed by atoms with E-state index in [9.17, 15) is 27.5 Å². The van der Waals surface area contributed by atoms with Gasteiger partial charge in [0.2, 0.25) is 0 Å². The number of esters is 1. The second-order valence-corrected chi connectivity index (χ2v) is 5.30. The van der Waals surface area contributed by atoms with E-state index in [0.29, 0.717) is 0 Å². The second kappa shape index (κ2) is 5.12. The first kappa shape index (κ1) is 16.5. The van der Waals surface area contributed by atoms with Crippen LogP contribution in [0.2, 0.25) is 0 Å². The predicted octanol–water partition coefficient (Wildman–Crippen LogP) is 2.33. The molecule has 0 atom stereocenters. The third-order valence-corrected chi connectivity index (χ3v) is 3.97. The van der Waals surface area contributed by atoms with E-state index in [4.69, 9.17) is 4.74 Å².